The van der Waals surface area contributed by atoms with E-state index < -0.39 is 47.4 Å². The summed E-state index contributed by atoms with van der Waals surface area (Å²) in [5.41, 5.74) is 6.95. The third-order valence-electron chi connectivity index (χ3n) is 8.31. The van der Waals surface area contributed by atoms with Crippen LogP contribution in [0.5, 0.6) is 0 Å². The molecule has 10 nitrogen and oxygen atoms in total. The number of hydrogen-bond donors (Lipinski definition) is 4. The van der Waals surface area contributed by atoms with Crippen LogP contribution < -0.4 is 21.7 Å². The van der Waals surface area contributed by atoms with Gasteiger partial charge in [-0.2, -0.15) is 0 Å². The first-order valence-electron chi connectivity index (χ1n) is 16.2. The van der Waals surface area contributed by atoms with Crippen molar-refractivity contribution in [1.29, 1.82) is 0 Å². The fourth-order valence-electron chi connectivity index (χ4n) is 5.43. The van der Waals surface area contributed by atoms with Crippen molar-refractivity contribution in [3.05, 3.63) is 78.4 Å². The molecule has 0 heterocycles. The number of fused-ring (bicyclic) bond motifs is 1. The van der Waals surface area contributed by atoms with Gasteiger partial charge in [-0.1, -0.05) is 94.8 Å². The van der Waals surface area contributed by atoms with Crippen LogP contribution in [0.15, 0.2) is 72.8 Å². The van der Waals surface area contributed by atoms with Crippen molar-refractivity contribution < 1.29 is 28.8 Å². The van der Waals surface area contributed by atoms with E-state index in [1.807, 2.05) is 69.3 Å². The monoisotopic (exact) mass is 642 g/mol. The molecule has 0 aromatic heterocycles. The number of amides is 4. The molecular formula is C37H46N4O6. The predicted octanol–water partition coefficient (Wildman–Crippen LogP) is 5.13. The standard InChI is InChI=1S/C37H46N4O6/c1-5-24(4)29(22-33(43)30(19-23(2)3)41-37(47)39-28-13-7-6-8-14-28)35(45)32(42)17-18-34(44)40-31(36(38)46)21-25-15-16-26-11-9-10-12-27(26)20-25/h6-16,20,23-24,29-31H,5,17-19,21-22H2,1-4H3,(H2,38,46)(H,40,44)(H2,39,41,47). The van der Waals surface area contributed by atoms with Crippen LogP contribution in [0.3, 0.4) is 0 Å². The number of Topliss-reactive ketones (excluding diaryl/α,β-unsaturated/α-hetero) is 3. The molecule has 0 spiro atoms. The summed E-state index contributed by atoms with van der Waals surface area (Å²) >= 11 is 0. The van der Waals surface area contributed by atoms with Crippen LogP contribution in [0.25, 0.3) is 10.8 Å². The molecule has 0 saturated heterocycles. The van der Waals surface area contributed by atoms with E-state index in [1.165, 1.54) is 0 Å². The molecule has 0 fully saturated rings. The van der Waals surface area contributed by atoms with Crippen LogP contribution in [0.4, 0.5) is 10.5 Å². The minimum Gasteiger partial charge on any atom is -0.368 e. The largest absolute Gasteiger partial charge is 0.368 e. The molecule has 0 aliphatic carbocycles. The van der Waals surface area contributed by atoms with Gasteiger partial charge in [-0.25, -0.2) is 4.79 Å². The minimum absolute atomic E-state index is 0.0735. The van der Waals surface area contributed by atoms with Gasteiger partial charge in [0, 0.05) is 37.3 Å². The number of anilines is 1. The zero-order chi connectivity index (χ0) is 34.5. The molecule has 4 unspecified atom stereocenters. The Balaban J connectivity index is 1.60. The summed E-state index contributed by atoms with van der Waals surface area (Å²) in [6.45, 7) is 7.51. The van der Waals surface area contributed by atoms with E-state index in [0.717, 1.165) is 16.3 Å². The average Bonchev–Trinajstić information content (AvgIpc) is 3.04. The quantitative estimate of drug-likeness (QED) is 0.141. The molecule has 0 radical (unpaired) electrons. The molecule has 0 bridgehead atoms. The van der Waals surface area contributed by atoms with Crippen molar-refractivity contribution >= 4 is 51.7 Å². The summed E-state index contributed by atoms with van der Waals surface area (Å²) in [5, 5.41) is 10.1. The lowest BCUT2D eigenvalue weighted by Crippen LogP contribution is -2.46. The van der Waals surface area contributed by atoms with Crippen LogP contribution in [-0.2, 0) is 30.4 Å². The topological polar surface area (TPSA) is 165 Å². The molecule has 3 rings (SSSR count). The number of nitrogens with one attached hydrogen (secondary N) is 3. The summed E-state index contributed by atoms with van der Waals surface area (Å²) in [6, 6.07) is 19.9. The van der Waals surface area contributed by atoms with Crippen LogP contribution in [0.2, 0.25) is 0 Å². The lowest BCUT2D eigenvalue weighted by atomic mass is 9.80. The molecule has 3 aromatic carbocycles. The van der Waals surface area contributed by atoms with Gasteiger partial charge in [0.25, 0.3) is 0 Å². The van der Waals surface area contributed by atoms with E-state index in [1.54, 1.807) is 31.2 Å². The lowest BCUT2D eigenvalue weighted by molar-refractivity contribution is -0.142. The number of ketones is 3. The average molecular weight is 643 g/mol. The molecule has 0 aliphatic heterocycles. The molecule has 0 saturated carbocycles. The van der Waals surface area contributed by atoms with Gasteiger partial charge in [0.15, 0.2) is 11.6 Å². The Morgan fingerprint density at radius 3 is 2.06 bits per heavy atom. The number of carbonyl (C=O) groups is 6. The van der Waals surface area contributed by atoms with E-state index in [0.29, 0.717) is 18.5 Å². The van der Waals surface area contributed by atoms with Gasteiger partial charge in [-0.15, -0.1) is 0 Å². The number of rotatable bonds is 18. The summed E-state index contributed by atoms with van der Waals surface area (Å²) in [7, 11) is 0. The maximum absolute atomic E-state index is 13.5. The van der Waals surface area contributed by atoms with Crippen molar-refractivity contribution in [1.82, 2.24) is 10.6 Å². The van der Waals surface area contributed by atoms with Crippen molar-refractivity contribution in [3.8, 4) is 0 Å². The Kier molecular flexibility index (Phi) is 13.8. The third-order valence-corrected chi connectivity index (χ3v) is 8.31. The van der Waals surface area contributed by atoms with Gasteiger partial charge in [-0.05, 0) is 46.7 Å². The number of urea groups is 1. The van der Waals surface area contributed by atoms with Gasteiger partial charge in [0.05, 0.1) is 6.04 Å². The zero-order valence-electron chi connectivity index (χ0n) is 27.6. The van der Waals surface area contributed by atoms with E-state index in [4.69, 9.17) is 5.73 Å². The minimum atomic E-state index is -0.996. The molecule has 5 N–H and O–H groups in total. The van der Waals surface area contributed by atoms with E-state index in [-0.39, 0.29) is 43.3 Å². The number of carbonyl (C=O) groups excluding carboxylic acids is 6. The maximum atomic E-state index is 13.5. The van der Waals surface area contributed by atoms with E-state index >= 15 is 0 Å². The van der Waals surface area contributed by atoms with Crippen LogP contribution in [-0.4, -0.2) is 47.3 Å². The second kappa shape index (κ2) is 17.7. The first-order valence-corrected chi connectivity index (χ1v) is 16.2. The Labute approximate surface area is 276 Å². The Morgan fingerprint density at radius 1 is 0.766 bits per heavy atom. The predicted molar refractivity (Wildman–Crippen MR) is 182 cm³/mol. The van der Waals surface area contributed by atoms with Gasteiger partial charge >= 0.3 is 6.03 Å². The van der Waals surface area contributed by atoms with Crippen LogP contribution >= 0.6 is 0 Å². The Hall–Kier alpha value is -4.86. The van der Waals surface area contributed by atoms with Crippen molar-refractivity contribution in [3.63, 3.8) is 0 Å². The molecule has 0 aliphatic rings. The van der Waals surface area contributed by atoms with Gasteiger partial charge < -0.3 is 21.7 Å². The smallest absolute Gasteiger partial charge is 0.319 e. The summed E-state index contributed by atoms with van der Waals surface area (Å²) in [4.78, 5) is 77.5. The first-order chi connectivity index (χ1) is 22.4. The van der Waals surface area contributed by atoms with Crippen LogP contribution in [0.1, 0.15) is 65.4 Å². The van der Waals surface area contributed by atoms with Gasteiger partial charge in [0.2, 0.25) is 17.6 Å². The number of hydrogen-bond acceptors (Lipinski definition) is 6. The highest BCUT2D eigenvalue weighted by atomic mass is 16.2. The molecule has 47 heavy (non-hydrogen) atoms. The van der Waals surface area contributed by atoms with Crippen molar-refractivity contribution in [2.75, 3.05) is 5.32 Å². The second-order valence-corrected chi connectivity index (χ2v) is 12.5. The highest BCUT2D eigenvalue weighted by Crippen LogP contribution is 2.24. The third kappa shape index (κ3) is 11.5. The molecule has 4 atom stereocenters. The summed E-state index contributed by atoms with van der Waals surface area (Å²) in [6.07, 6.45) is 0.168. The zero-order valence-corrected chi connectivity index (χ0v) is 27.6. The highest BCUT2D eigenvalue weighted by Gasteiger charge is 2.34. The van der Waals surface area contributed by atoms with Crippen LogP contribution in [0, 0.1) is 17.8 Å². The Morgan fingerprint density at radius 2 is 1.43 bits per heavy atom. The molecule has 10 heteroatoms. The number of para-hydroxylation sites is 1. The lowest BCUT2D eigenvalue weighted by Gasteiger charge is -2.25. The molecular weight excluding hydrogens is 596 g/mol. The molecule has 250 valence electrons. The second-order valence-electron chi connectivity index (χ2n) is 12.5. The van der Waals surface area contributed by atoms with Crippen molar-refractivity contribution in [2.45, 2.75) is 78.3 Å². The number of nitrogens with two attached hydrogens (primary N) is 1. The fraction of sp³-hybridized carbons (Fsp3) is 0.405. The first kappa shape index (κ1) is 36.6. The number of benzene rings is 3. The van der Waals surface area contributed by atoms with Gasteiger partial charge in [-0.3, -0.25) is 24.0 Å². The Bertz CT molecular complexity index is 1570. The fourth-order valence-corrected chi connectivity index (χ4v) is 5.43. The summed E-state index contributed by atoms with van der Waals surface area (Å²) < 4.78 is 0. The van der Waals surface area contributed by atoms with E-state index in [9.17, 15) is 28.8 Å². The number of primary amides is 1. The molecule has 4 amide bonds. The van der Waals surface area contributed by atoms with Crippen molar-refractivity contribution in [2.24, 2.45) is 23.5 Å². The summed E-state index contributed by atoms with van der Waals surface area (Å²) in [5.74, 6) is -4.25. The highest BCUT2D eigenvalue weighted by molar-refractivity contribution is 6.38. The van der Waals surface area contributed by atoms with Gasteiger partial charge in [0.1, 0.15) is 6.04 Å². The normalized spacial score (nSPS) is 13.6. The van der Waals surface area contributed by atoms with E-state index in [2.05, 4.69) is 16.0 Å². The SMILES string of the molecule is CCC(C)C(CC(=O)C(CC(C)C)NC(=O)Nc1ccccc1)C(=O)C(=O)CCC(=O)NC(Cc1ccc2ccccc2c1)C(N)=O. The maximum Gasteiger partial charge on any atom is 0.319 e. The molecule has 3 aromatic rings.